The summed E-state index contributed by atoms with van der Waals surface area (Å²) in [6, 6.07) is 5.60. The molecule has 1 aromatic heterocycles. The zero-order valence-electron chi connectivity index (χ0n) is 10.5. The highest BCUT2D eigenvalue weighted by molar-refractivity contribution is 5.87. The van der Waals surface area contributed by atoms with E-state index < -0.39 is 17.2 Å². The minimum absolute atomic E-state index is 0.340. The summed E-state index contributed by atoms with van der Waals surface area (Å²) >= 11 is 0. The molecule has 2 aromatic rings. The Bertz CT molecular complexity index is 699. The van der Waals surface area contributed by atoms with Crippen LogP contribution >= 0.6 is 0 Å². The van der Waals surface area contributed by atoms with Crippen LogP contribution in [0.25, 0.3) is 5.69 Å². The van der Waals surface area contributed by atoms with Crippen LogP contribution in [-0.4, -0.2) is 15.6 Å². The van der Waals surface area contributed by atoms with E-state index in [-0.39, 0.29) is 5.56 Å². The van der Waals surface area contributed by atoms with Crippen LogP contribution in [0.1, 0.15) is 21.6 Å². The van der Waals surface area contributed by atoms with E-state index in [2.05, 4.69) is 0 Å². The molecule has 1 N–H and O–H groups in total. The summed E-state index contributed by atoms with van der Waals surface area (Å²) in [7, 11) is 0. The van der Waals surface area contributed by atoms with Gasteiger partial charge in [0.25, 0.3) is 0 Å². The van der Waals surface area contributed by atoms with Crippen molar-refractivity contribution in [2.45, 2.75) is 13.8 Å². The van der Waals surface area contributed by atoms with E-state index in [1.165, 1.54) is 29.0 Å². The van der Waals surface area contributed by atoms with E-state index in [0.717, 1.165) is 0 Å². The number of aromatic nitrogens is 1. The highest BCUT2D eigenvalue weighted by Crippen LogP contribution is 2.15. The molecule has 0 unspecified atom stereocenters. The maximum Gasteiger partial charge on any atom is 0.341 e. The lowest BCUT2D eigenvalue weighted by Crippen LogP contribution is -2.18. The van der Waals surface area contributed by atoms with Gasteiger partial charge in [-0.05, 0) is 37.6 Å². The number of halogens is 1. The number of hydrogen-bond acceptors (Lipinski definition) is 2. The molecule has 0 bridgehead atoms. The van der Waals surface area contributed by atoms with Crippen LogP contribution in [0.3, 0.4) is 0 Å². The minimum Gasteiger partial charge on any atom is -0.477 e. The summed E-state index contributed by atoms with van der Waals surface area (Å²) < 4.78 is 14.9. The van der Waals surface area contributed by atoms with Gasteiger partial charge in [0.05, 0.1) is 0 Å². The van der Waals surface area contributed by atoms with Gasteiger partial charge >= 0.3 is 5.97 Å². The van der Waals surface area contributed by atoms with Gasteiger partial charge in [0.1, 0.15) is 11.4 Å². The van der Waals surface area contributed by atoms with Crippen LogP contribution in [0.15, 0.2) is 35.3 Å². The molecule has 19 heavy (non-hydrogen) atoms. The van der Waals surface area contributed by atoms with Crippen molar-refractivity contribution >= 4 is 5.97 Å². The molecule has 0 saturated heterocycles. The fourth-order valence-corrected chi connectivity index (χ4v) is 1.93. The Labute approximate surface area is 108 Å². The molecule has 0 aliphatic heterocycles. The smallest absolute Gasteiger partial charge is 0.341 e. The Morgan fingerprint density at radius 1 is 1.21 bits per heavy atom. The predicted molar refractivity (Wildman–Crippen MR) is 68.4 cm³/mol. The van der Waals surface area contributed by atoms with Gasteiger partial charge in [0.15, 0.2) is 5.43 Å². The fourth-order valence-electron chi connectivity index (χ4n) is 1.93. The number of carboxylic acid groups (broad SMARTS) is 1. The molecule has 0 fully saturated rings. The number of rotatable bonds is 2. The summed E-state index contributed by atoms with van der Waals surface area (Å²) in [4.78, 5) is 22.5. The molecule has 1 heterocycles. The van der Waals surface area contributed by atoms with Crippen LogP contribution in [0, 0.1) is 19.7 Å². The monoisotopic (exact) mass is 261 g/mol. The van der Waals surface area contributed by atoms with E-state index in [4.69, 9.17) is 5.11 Å². The summed E-state index contributed by atoms with van der Waals surface area (Å²) in [5, 5.41) is 8.95. The Kier molecular flexibility index (Phi) is 3.21. The number of carboxylic acids is 1. The average molecular weight is 261 g/mol. The van der Waals surface area contributed by atoms with Crippen molar-refractivity contribution in [2.75, 3.05) is 0 Å². The second-order valence-corrected chi connectivity index (χ2v) is 4.35. The highest BCUT2D eigenvalue weighted by Gasteiger charge is 2.12. The molecule has 1 aromatic carbocycles. The SMILES string of the molecule is Cc1cc(F)cc(-n2cc(C(=O)O)c(=O)cc2C)c1. The predicted octanol–water partition coefficient (Wildman–Crippen LogP) is 2.29. The molecule has 0 aliphatic carbocycles. The summed E-state index contributed by atoms with van der Waals surface area (Å²) in [5.74, 6) is -1.71. The van der Waals surface area contributed by atoms with Gasteiger partial charge in [-0.1, -0.05) is 0 Å². The number of aryl methyl sites for hydroxylation is 2. The Morgan fingerprint density at radius 3 is 2.47 bits per heavy atom. The van der Waals surface area contributed by atoms with Gasteiger partial charge in [0, 0.05) is 23.6 Å². The quantitative estimate of drug-likeness (QED) is 0.902. The minimum atomic E-state index is -1.30. The van der Waals surface area contributed by atoms with Crippen LogP contribution in [0.5, 0.6) is 0 Å². The number of aromatic carboxylic acids is 1. The highest BCUT2D eigenvalue weighted by atomic mass is 19.1. The fraction of sp³-hybridized carbons (Fsp3) is 0.143. The van der Waals surface area contributed by atoms with Gasteiger partial charge in [-0.2, -0.15) is 0 Å². The van der Waals surface area contributed by atoms with E-state index in [1.807, 2.05) is 0 Å². The number of hydrogen-bond donors (Lipinski definition) is 1. The van der Waals surface area contributed by atoms with Gasteiger partial charge in [-0.3, -0.25) is 4.79 Å². The van der Waals surface area contributed by atoms with E-state index in [1.54, 1.807) is 19.9 Å². The lowest BCUT2D eigenvalue weighted by molar-refractivity contribution is 0.0695. The van der Waals surface area contributed by atoms with Crippen molar-refractivity contribution in [2.24, 2.45) is 0 Å². The largest absolute Gasteiger partial charge is 0.477 e. The third-order valence-electron chi connectivity index (χ3n) is 2.78. The van der Waals surface area contributed by atoms with Crippen LogP contribution in [0.2, 0.25) is 0 Å². The summed E-state index contributed by atoms with van der Waals surface area (Å²) in [6.45, 7) is 3.40. The van der Waals surface area contributed by atoms with Gasteiger partial charge < -0.3 is 9.67 Å². The van der Waals surface area contributed by atoms with E-state index in [9.17, 15) is 14.0 Å². The van der Waals surface area contributed by atoms with Crippen molar-refractivity contribution in [3.63, 3.8) is 0 Å². The second kappa shape index (κ2) is 4.68. The van der Waals surface area contributed by atoms with Crippen LogP contribution in [0.4, 0.5) is 4.39 Å². The molecule has 98 valence electrons. The summed E-state index contributed by atoms with van der Waals surface area (Å²) in [5.41, 5.74) is 0.837. The van der Waals surface area contributed by atoms with Crippen molar-refractivity contribution in [3.8, 4) is 5.69 Å². The Hall–Kier alpha value is -2.43. The van der Waals surface area contributed by atoms with E-state index in [0.29, 0.717) is 16.9 Å². The molecule has 5 heteroatoms. The first-order valence-electron chi connectivity index (χ1n) is 5.62. The van der Waals surface area contributed by atoms with Gasteiger partial charge in [-0.15, -0.1) is 0 Å². The second-order valence-electron chi connectivity index (χ2n) is 4.35. The molecule has 2 rings (SSSR count). The molecule has 0 amide bonds. The normalized spacial score (nSPS) is 10.5. The number of pyridine rings is 1. The zero-order chi connectivity index (χ0) is 14.2. The van der Waals surface area contributed by atoms with Crippen molar-refractivity contribution in [3.05, 3.63) is 63.3 Å². The van der Waals surface area contributed by atoms with Crippen molar-refractivity contribution in [1.29, 1.82) is 0 Å². The zero-order valence-corrected chi connectivity index (χ0v) is 10.5. The number of nitrogens with zero attached hydrogens (tertiary/aromatic N) is 1. The molecular weight excluding hydrogens is 249 g/mol. The average Bonchev–Trinajstić information content (AvgIpc) is 2.26. The van der Waals surface area contributed by atoms with Gasteiger partial charge in [0.2, 0.25) is 0 Å². The molecule has 0 saturated carbocycles. The number of carbonyl (C=O) groups is 1. The standard InChI is InChI=1S/C14H12FNO3/c1-8-3-10(15)6-11(4-8)16-7-12(14(18)19)13(17)5-9(16)2/h3-7H,1-2H3,(H,18,19). The summed E-state index contributed by atoms with van der Waals surface area (Å²) in [6.07, 6.45) is 1.22. The maximum atomic E-state index is 13.4. The Balaban J connectivity index is 2.71. The van der Waals surface area contributed by atoms with Crippen molar-refractivity contribution < 1.29 is 14.3 Å². The molecular formula is C14H12FNO3. The van der Waals surface area contributed by atoms with Crippen LogP contribution < -0.4 is 5.43 Å². The van der Waals surface area contributed by atoms with E-state index >= 15 is 0 Å². The van der Waals surface area contributed by atoms with Gasteiger partial charge in [-0.25, -0.2) is 9.18 Å². The molecule has 0 aliphatic rings. The topological polar surface area (TPSA) is 59.3 Å². The van der Waals surface area contributed by atoms with Crippen molar-refractivity contribution in [1.82, 2.24) is 4.57 Å². The Morgan fingerprint density at radius 2 is 1.89 bits per heavy atom. The first-order chi connectivity index (χ1) is 8.88. The van der Waals surface area contributed by atoms with Crippen LogP contribution in [-0.2, 0) is 0 Å². The molecule has 4 nitrogen and oxygen atoms in total. The number of benzene rings is 1. The third kappa shape index (κ3) is 2.54. The third-order valence-corrected chi connectivity index (χ3v) is 2.78. The molecule has 0 spiro atoms. The maximum absolute atomic E-state index is 13.4. The lowest BCUT2D eigenvalue weighted by Gasteiger charge is -2.12. The first-order valence-corrected chi connectivity index (χ1v) is 5.62. The lowest BCUT2D eigenvalue weighted by atomic mass is 10.2. The molecule has 0 atom stereocenters. The molecule has 0 radical (unpaired) electrons. The first kappa shape index (κ1) is 13.0.